The molecule has 0 aromatic heterocycles. The Balaban J connectivity index is 2.30. The van der Waals surface area contributed by atoms with E-state index in [1.165, 1.54) is 19.4 Å². The zero-order chi connectivity index (χ0) is 8.97. The van der Waals surface area contributed by atoms with Crippen molar-refractivity contribution in [3.8, 4) is 0 Å². The average molecular weight is 169 g/mol. The van der Waals surface area contributed by atoms with E-state index in [0.29, 0.717) is 12.6 Å². The maximum atomic E-state index is 5.39. The largest absolute Gasteiger partial charge is 0.386 e. The van der Waals surface area contributed by atoms with Crippen LogP contribution in [-0.4, -0.2) is 37.6 Å². The van der Waals surface area contributed by atoms with Gasteiger partial charge in [0.15, 0.2) is 0 Å². The molecule has 0 aromatic carbocycles. The Labute approximate surface area is 74.6 Å². The fraction of sp³-hybridized carbons (Fsp3) is 0.778. The first kappa shape index (κ1) is 9.55. The van der Waals surface area contributed by atoms with Crippen molar-refractivity contribution in [1.29, 1.82) is 0 Å². The van der Waals surface area contributed by atoms with Crippen molar-refractivity contribution in [1.82, 2.24) is 10.2 Å². The molecule has 0 saturated carbocycles. The van der Waals surface area contributed by atoms with Crippen LogP contribution in [0.15, 0.2) is 12.3 Å². The van der Waals surface area contributed by atoms with Gasteiger partial charge in [-0.2, -0.15) is 0 Å². The molecule has 3 N–H and O–H groups in total. The van der Waals surface area contributed by atoms with Gasteiger partial charge in [-0.1, -0.05) is 6.58 Å². The lowest BCUT2D eigenvalue weighted by Gasteiger charge is -2.22. The highest BCUT2D eigenvalue weighted by Crippen LogP contribution is 2.18. The summed E-state index contributed by atoms with van der Waals surface area (Å²) in [7, 11) is 2.15. The second kappa shape index (κ2) is 4.48. The number of likely N-dealkylation sites (N-methyl/N-ethyl adjacent to an activating group) is 1. The van der Waals surface area contributed by atoms with E-state index >= 15 is 0 Å². The zero-order valence-corrected chi connectivity index (χ0v) is 7.84. The van der Waals surface area contributed by atoms with Gasteiger partial charge in [-0.05, 0) is 26.4 Å². The Hall–Kier alpha value is -0.540. The SMILES string of the molecule is C=C(NCCN)C1CCCN1C. The molecule has 1 saturated heterocycles. The van der Waals surface area contributed by atoms with E-state index in [-0.39, 0.29) is 0 Å². The van der Waals surface area contributed by atoms with Gasteiger partial charge in [0.25, 0.3) is 0 Å². The van der Waals surface area contributed by atoms with Gasteiger partial charge in [0.1, 0.15) is 0 Å². The number of hydrogen-bond acceptors (Lipinski definition) is 3. The van der Waals surface area contributed by atoms with E-state index in [0.717, 1.165) is 12.2 Å². The Morgan fingerprint density at radius 3 is 3.00 bits per heavy atom. The van der Waals surface area contributed by atoms with Crippen molar-refractivity contribution in [2.24, 2.45) is 5.73 Å². The molecule has 0 bridgehead atoms. The van der Waals surface area contributed by atoms with Crippen LogP contribution >= 0.6 is 0 Å². The van der Waals surface area contributed by atoms with Gasteiger partial charge in [0.2, 0.25) is 0 Å². The Morgan fingerprint density at radius 1 is 1.75 bits per heavy atom. The summed E-state index contributed by atoms with van der Waals surface area (Å²) in [6.07, 6.45) is 2.51. The van der Waals surface area contributed by atoms with Crippen LogP contribution in [0.4, 0.5) is 0 Å². The molecule has 1 aliphatic rings. The second-order valence-electron chi connectivity index (χ2n) is 3.38. The van der Waals surface area contributed by atoms with Crippen LogP contribution in [0.5, 0.6) is 0 Å². The molecule has 1 atom stereocenters. The quantitative estimate of drug-likeness (QED) is 0.629. The first-order valence-electron chi connectivity index (χ1n) is 4.58. The summed E-state index contributed by atoms with van der Waals surface area (Å²) in [5, 5.41) is 3.24. The molecule has 3 nitrogen and oxygen atoms in total. The number of likely N-dealkylation sites (tertiary alicyclic amines) is 1. The highest BCUT2D eigenvalue weighted by atomic mass is 15.2. The lowest BCUT2D eigenvalue weighted by atomic mass is 10.2. The predicted molar refractivity (Wildman–Crippen MR) is 51.8 cm³/mol. The summed E-state index contributed by atoms with van der Waals surface area (Å²) in [6, 6.07) is 0.525. The van der Waals surface area contributed by atoms with Gasteiger partial charge in [-0.25, -0.2) is 0 Å². The molecule has 0 radical (unpaired) electrons. The minimum Gasteiger partial charge on any atom is -0.386 e. The second-order valence-corrected chi connectivity index (χ2v) is 3.38. The monoisotopic (exact) mass is 169 g/mol. The zero-order valence-electron chi connectivity index (χ0n) is 7.84. The first-order chi connectivity index (χ1) is 5.75. The normalized spacial score (nSPS) is 24.3. The maximum absolute atomic E-state index is 5.39. The molecule has 1 rings (SSSR count). The van der Waals surface area contributed by atoms with Gasteiger partial charge in [-0.15, -0.1) is 0 Å². The highest BCUT2D eigenvalue weighted by Gasteiger charge is 2.22. The van der Waals surface area contributed by atoms with Crippen LogP contribution in [-0.2, 0) is 0 Å². The third-order valence-electron chi connectivity index (χ3n) is 2.42. The fourth-order valence-electron chi connectivity index (χ4n) is 1.70. The molecule has 1 heterocycles. The molecule has 1 aliphatic heterocycles. The number of nitrogens with two attached hydrogens (primary N) is 1. The summed E-state index contributed by atoms with van der Waals surface area (Å²) >= 11 is 0. The molecule has 0 aliphatic carbocycles. The number of nitrogens with one attached hydrogen (secondary N) is 1. The number of nitrogens with zero attached hydrogens (tertiary/aromatic N) is 1. The summed E-state index contributed by atoms with van der Waals surface area (Å²) in [5.74, 6) is 0. The van der Waals surface area contributed by atoms with Crippen molar-refractivity contribution in [3.05, 3.63) is 12.3 Å². The Morgan fingerprint density at radius 2 is 2.50 bits per heavy atom. The third kappa shape index (κ3) is 2.22. The van der Waals surface area contributed by atoms with Crippen LogP contribution < -0.4 is 11.1 Å². The Kier molecular flexibility index (Phi) is 3.56. The van der Waals surface area contributed by atoms with Gasteiger partial charge in [-0.3, -0.25) is 4.90 Å². The van der Waals surface area contributed by atoms with Crippen LogP contribution in [0.1, 0.15) is 12.8 Å². The molecule has 1 unspecified atom stereocenters. The molecular formula is C9H19N3. The lowest BCUT2D eigenvalue weighted by molar-refractivity contribution is 0.334. The van der Waals surface area contributed by atoms with E-state index in [4.69, 9.17) is 5.73 Å². The minimum atomic E-state index is 0.525. The maximum Gasteiger partial charge on any atom is 0.0486 e. The summed E-state index contributed by atoms with van der Waals surface area (Å²) < 4.78 is 0. The summed E-state index contributed by atoms with van der Waals surface area (Å²) in [5.41, 5.74) is 6.52. The topological polar surface area (TPSA) is 41.3 Å². The standard InChI is InChI=1S/C9H19N3/c1-8(11-6-5-10)9-4-3-7-12(9)2/h9,11H,1,3-7,10H2,2H3. The molecule has 0 aromatic rings. The average Bonchev–Trinajstić information content (AvgIpc) is 2.47. The fourth-order valence-corrected chi connectivity index (χ4v) is 1.70. The summed E-state index contributed by atoms with van der Waals surface area (Å²) in [6.45, 7) is 6.72. The van der Waals surface area contributed by atoms with Crippen LogP contribution in [0.25, 0.3) is 0 Å². The van der Waals surface area contributed by atoms with E-state index in [1.54, 1.807) is 0 Å². The first-order valence-corrected chi connectivity index (χ1v) is 4.58. The van der Waals surface area contributed by atoms with Gasteiger partial charge >= 0.3 is 0 Å². The highest BCUT2D eigenvalue weighted by molar-refractivity contribution is 5.05. The third-order valence-corrected chi connectivity index (χ3v) is 2.42. The molecular weight excluding hydrogens is 150 g/mol. The minimum absolute atomic E-state index is 0.525. The van der Waals surface area contributed by atoms with Crippen molar-refractivity contribution < 1.29 is 0 Å². The molecule has 3 heteroatoms. The van der Waals surface area contributed by atoms with Gasteiger partial charge < -0.3 is 11.1 Å². The van der Waals surface area contributed by atoms with E-state index in [9.17, 15) is 0 Å². The Bertz CT molecular complexity index is 156. The molecule has 0 amide bonds. The van der Waals surface area contributed by atoms with Crippen molar-refractivity contribution in [2.75, 3.05) is 26.7 Å². The van der Waals surface area contributed by atoms with Crippen molar-refractivity contribution in [2.45, 2.75) is 18.9 Å². The molecule has 0 spiro atoms. The van der Waals surface area contributed by atoms with Gasteiger partial charge in [0, 0.05) is 24.8 Å². The van der Waals surface area contributed by atoms with Crippen LogP contribution in [0.2, 0.25) is 0 Å². The molecule has 1 fully saturated rings. The molecule has 12 heavy (non-hydrogen) atoms. The van der Waals surface area contributed by atoms with Gasteiger partial charge in [0.05, 0.1) is 0 Å². The van der Waals surface area contributed by atoms with Crippen LogP contribution in [0, 0.1) is 0 Å². The number of rotatable bonds is 4. The predicted octanol–water partition coefficient (Wildman–Crippen LogP) is 0.143. The van der Waals surface area contributed by atoms with Crippen LogP contribution in [0.3, 0.4) is 0 Å². The van der Waals surface area contributed by atoms with E-state index in [1.807, 2.05) is 0 Å². The van der Waals surface area contributed by atoms with E-state index < -0.39 is 0 Å². The number of hydrogen-bond donors (Lipinski definition) is 2. The van der Waals surface area contributed by atoms with Crippen molar-refractivity contribution in [3.63, 3.8) is 0 Å². The lowest BCUT2D eigenvalue weighted by Crippen LogP contribution is -2.34. The smallest absolute Gasteiger partial charge is 0.0486 e. The molecule has 70 valence electrons. The van der Waals surface area contributed by atoms with E-state index in [2.05, 4.69) is 23.8 Å². The summed E-state index contributed by atoms with van der Waals surface area (Å²) in [4.78, 5) is 2.34. The van der Waals surface area contributed by atoms with Crippen molar-refractivity contribution >= 4 is 0 Å².